The standard InChI is InChI=1S/C12H14O5/c1-3-15-11(13)6-5-10-9(7-8-17-10)12(14)16-4-2/h5-8H,3-4H2,1-2H3/b6-5+. The van der Waals surface area contributed by atoms with E-state index in [2.05, 4.69) is 0 Å². The van der Waals surface area contributed by atoms with Crippen molar-refractivity contribution >= 4 is 18.0 Å². The number of furan rings is 1. The minimum atomic E-state index is -0.487. The molecule has 5 nitrogen and oxygen atoms in total. The van der Waals surface area contributed by atoms with Crippen molar-refractivity contribution in [3.05, 3.63) is 29.7 Å². The van der Waals surface area contributed by atoms with E-state index in [9.17, 15) is 9.59 Å². The summed E-state index contributed by atoms with van der Waals surface area (Å²) in [7, 11) is 0. The lowest BCUT2D eigenvalue weighted by molar-refractivity contribution is -0.137. The van der Waals surface area contributed by atoms with Crippen LogP contribution in [0.5, 0.6) is 0 Å². The van der Waals surface area contributed by atoms with Gasteiger partial charge in [-0.15, -0.1) is 0 Å². The number of ether oxygens (including phenoxy) is 2. The Morgan fingerprint density at radius 1 is 1.29 bits per heavy atom. The molecule has 0 fully saturated rings. The highest BCUT2D eigenvalue weighted by Gasteiger charge is 2.13. The molecular weight excluding hydrogens is 224 g/mol. The van der Waals surface area contributed by atoms with Crippen LogP contribution < -0.4 is 0 Å². The van der Waals surface area contributed by atoms with E-state index in [1.807, 2.05) is 0 Å². The maximum atomic E-state index is 11.5. The molecule has 0 bridgehead atoms. The Bertz CT molecular complexity index is 416. The Morgan fingerprint density at radius 2 is 2.00 bits per heavy atom. The fourth-order valence-electron chi connectivity index (χ4n) is 1.16. The largest absolute Gasteiger partial charge is 0.464 e. The fourth-order valence-corrected chi connectivity index (χ4v) is 1.16. The van der Waals surface area contributed by atoms with Gasteiger partial charge in [-0.3, -0.25) is 0 Å². The van der Waals surface area contributed by atoms with E-state index in [-0.39, 0.29) is 17.9 Å². The molecule has 5 heteroatoms. The summed E-state index contributed by atoms with van der Waals surface area (Å²) in [6.45, 7) is 4.01. The summed E-state index contributed by atoms with van der Waals surface area (Å²) in [4.78, 5) is 22.5. The molecule has 0 saturated carbocycles. The van der Waals surface area contributed by atoms with Gasteiger partial charge in [0.2, 0.25) is 0 Å². The summed E-state index contributed by atoms with van der Waals surface area (Å²) in [6, 6.07) is 1.49. The molecule has 1 heterocycles. The van der Waals surface area contributed by atoms with Crippen molar-refractivity contribution in [3.8, 4) is 0 Å². The highest BCUT2D eigenvalue weighted by Crippen LogP contribution is 2.13. The Balaban J connectivity index is 2.75. The van der Waals surface area contributed by atoms with Crippen molar-refractivity contribution in [2.24, 2.45) is 0 Å². The van der Waals surface area contributed by atoms with Crippen LogP contribution in [0.4, 0.5) is 0 Å². The van der Waals surface area contributed by atoms with Crippen LogP contribution in [-0.2, 0) is 14.3 Å². The first kappa shape index (κ1) is 13.0. The molecule has 1 aromatic heterocycles. The zero-order chi connectivity index (χ0) is 12.7. The molecule has 0 unspecified atom stereocenters. The minimum absolute atomic E-state index is 0.275. The van der Waals surface area contributed by atoms with Crippen molar-refractivity contribution in [2.45, 2.75) is 13.8 Å². The van der Waals surface area contributed by atoms with Gasteiger partial charge in [0.15, 0.2) is 0 Å². The van der Waals surface area contributed by atoms with E-state index >= 15 is 0 Å². The monoisotopic (exact) mass is 238 g/mol. The topological polar surface area (TPSA) is 65.7 Å². The first-order valence-corrected chi connectivity index (χ1v) is 5.28. The predicted octanol–water partition coefficient (Wildman–Crippen LogP) is 2.03. The molecule has 0 radical (unpaired) electrons. The molecule has 0 aromatic carbocycles. The third-order valence-electron chi connectivity index (χ3n) is 1.85. The Morgan fingerprint density at radius 3 is 2.65 bits per heavy atom. The quantitative estimate of drug-likeness (QED) is 0.580. The third-order valence-corrected chi connectivity index (χ3v) is 1.85. The van der Waals surface area contributed by atoms with E-state index < -0.39 is 11.9 Å². The second-order valence-electron chi connectivity index (χ2n) is 3.00. The van der Waals surface area contributed by atoms with Crippen molar-refractivity contribution in [1.29, 1.82) is 0 Å². The van der Waals surface area contributed by atoms with E-state index in [0.29, 0.717) is 6.61 Å². The van der Waals surface area contributed by atoms with E-state index in [0.717, 1.165) is 0 Å². The maximum absolute atomic E-state index is 11.5. The average molecular weight is 238 g/mol. The summed E-state index contributed by atoms with van der Waals surface area (Å²) < 4.78 is 14.6. The summed E-state index contributed by atoms with van der Waals surface area (Å²) >= 11 is 0. The van der Waals surface area contributed by atoms with Gasteiger partial charge >= 0.3 is 11.9 Å². The van der Waals surface area contributed by atoms with Gasteiger partial charge in [0.1, 0.15) is 11.3 Å². The van der Waals surface area contributed by atoms with Crippen molar-refractivity contribution < 1.29 is 23.5 Å². The van der Waals surface area contributed by atoms with Crippen LogP contribution >= 0.6 is 0 Å². The molecule has 0 saturated heterocycles. The van der Waals surface area contributed by atoms with Crippen LogP contribution in [0.15, 0.2) is 22.8 Å². The molecule has 0 amide bonds. The molecule has 0 aliphatic carbocycles. The minimum Gasteiger partial charge on any atom is -0.464 e. The van der Waals surface area contributed by atoms with Crippen LogP contribution in [0, 0.1) is 0 Å². The number of rotatable bonds is 5. The number of hydrogen-bond donors (Lipinski definition) is 0. The first-order valence-electron chi connectivity index (χ1n) is 5.28. The highest BCUT2D eigenvalue weighted by atomic mass is 16.5. The van der Waals surface area contributed by atoms with Gasteiger partial charge < -0.3 is 13.9 Å². The SMILES string of the molecule is CCOC(=O)/C=C/c1occc1C(=O)OCC. The summed E-state index contributed by atoms with van der Waals surface area (Å²) in [5.74, 6) is -0.694. The van der Waals surface area contributed by atoms with Crippen LogP contribution in [0.2, 0.25) is 0 Å². The van der Waals surface area contributed by atoms with Crippen molar-refractivity contribution in [1.82, 2.24) is 0 Å². The highest BCUT2D eigenvalue weighted by molar-refractivity contribution is 5.94. The molecule has 0 N–H and O–H groups in total. The zero-order valence-electron chi connectivity index (χ0n) is 9.76. The Labute approximate surface area is 99.0 Å². The molecular formula is C12H14O5. The molecule has 92 valence electrons. The Hall–Kier alpha value is -2.04. The van der Waals surface area contributed by atoms with Gasteiger partial charge in [-0.05, 0) is 26.0 Å². The molecule has 0 aliphatic heterocycles. The smallest absolute Gasteiger partial charge is 0.342 e. The van der Waals surface area contributed by atoms with Crippen LogP contribution in [0.3, 0.4) is 0 Å². The number of esters is 2. The van der Waals surface area contributed by atoms with Gasteiger partial charge in [-0.1, -0.05) is 0 Å². The molecule has 1 aromatic rings. The van der Waals surface area contributed by atoms with E-state index in [1.165, 1.54) is 24.5 Å². The van der Waals surface area contributed by atoms with Crippen LogP contribution in [-0.4, -0.2) is 25.2 Å². The number of hydrogen-bond acceptors (Lipinski definition) is 5. The van der Waals surface area contributed by atoms with Crippen LogP contribution in [0.25, 0.3) is 6.08 Å². The van der Waals surface area contributed by atoms with Crippen molar-refractivity contribution in [3.63, 3.8) is 0 Å². The van der Waals surface area contributed by atoms with Gasteiger partial charge in [0.25, 0.3) is 0 Å². The van der Waals surface area contributed by atoms with Gasteiger partial charge in [-0.25, -0.2) is 9.59 Å². The van der Waals surface area contributed by atoms with E-state index in [1.54, 1.807) is 13.8 Å². The lowest BCUT2D eigenvalue weighted by Gasteiger charge is -1.99. The molecule has 0 atom stereocenters. The van der Waals surface area contributed by atoms with Gasteiger partial charge in [0, 0.05) is 6.08 Å². The first-order chi connectivity index (χ1) is 8.19. The second kappa shape index (κ2) is 6.52. The second-order valence-corrected chi connectivity index (χ2v) is 3.00. The molecule has 0 aliphatic rings. The Kier molecular flexibility index (Phi) is 5.00. The molecule has 17 heavy (non-hydrogen) atoms. The van der Waals surface area contributed by atoms with Crippen molar-refractivity contribution in [2.75, 3.05) is 13.2 Å². The summed E-state index contributed by atoms with van der Waals surface area (Å²) in [5, 5.41) is 0. The number of carbonyl (C=O) groups excluding carboxylic acids is 2. The molecule has 0 spiro atoms. The number of carbonyl (C=O) groups is 2. The van der Waals surface area contributed by atoms with Gasteiger partial charge in [-0.2, -0.15) is 0 Å². The van der Waals surface area contributed by atoms with Gasteiger partial charge in [0.05, 0.1) is 19.5 Å². The molecule has 1 rings (SSSR count). The third kappa shape index (κ3) is 3.79. The lowest BCUT2D eigenvalue weighted by Crippen LogP contribution is -2.04. The fraction of sp³-hybridized carbons (Fsp3) is 0.333. The lowest BCUT2D eigenvalue weighted by atomic mass is 10.2. The van der Waals surface area contributed by atoms with Crippen LogP contribution in [0.1, 0.15) is 30.0 Å². The van der Waals surface area contributed by atoms with E-state index in [4.69, 9.17) is 13.9 Å². The predicted molar refractivity (Wildman–Crippen MR) is 60.3 cm³/mol. The zero-order valence-corrected chi connectivity index (χ0v) is 9.76. The summed E-state index contributed by atoms with van der Waals surface area (Å²) in [5.41, 5.74) is 0.285. The average Bonchev–Trinajstić information content (AvgIpc) is 2.75. The summed E-state index contributed by atoms with van der Waals surface area (Å²) in [6.07, 6.45) is 3.94. The maximum Gasteiger partial charge on any atom is 0.342 e. The normalized spacial score (nSPS) is 10.5.